The van der Waals surface area contributed by atoms with Gasteiger partial charge in [-0.25, -0.2) is 4.98 Å². The molecule has 37 heavy (non-hydrogen) atoms. The van der Waals surface area contributed by atoms with Crippen LogP contribution in [0.5, 0.6) is 0 Å². The molecule has 3 aromatic heterocycles. The Labute approximate surface area is 217 Å². The molecule has 0 N–H and O–H groups in total. The fraction of sp³-hybridized carbons (Fsp3) is 0. The molecule has 0 bridgehead atoms. The molecule has 0 saturated heterocycles. The van der Waals surface area contributed by atoms with E-state index in [4.69, 9.17) is 4.98 Å². The fourth-order valence-electron chi connectivity index (χ4n) is 5.56. The van der Waals surface area contributed by atoms with Crippen molar-refractivity contribution in [1.29, 1.82) is 0 Å². The normalized spacial score (nSPS) is 11.8. The number of hydrogen-bond donors (Lipinski definition) is 0. The van der Waals surface area contributed by atoms with Crippen LogP contribution in [0.3, 0.4) is 0 Å². The number of hydrogen-bond acceptors (Lipinski definition) is 2. The largest absolute Gasteiger partial charge is 0.309 e. The van der Waals surface area contributed by atoms with Crippen molar-refractivity contribution in [3.05, 3.63) is 127 Å². The Balaban J connectivity index is 1.44. The van der Waals surface area contributed by atoms with Crippen LogP contribution in [0.4, 0.5) is 0 Å². The zero-order chi connectivity index (χ0) is 24.3. The molecule has 0 aliphatic heterocycles. The van der Waals surface area contributed by atoms with Gasteiger partial charge in [0.25, 0.3) is 0 Å². The van der Waals surface area contributed by atoms with Crippen molar-refractivity contribution >= 4 is 48.3 Å². The summed E-state index contributed by atoms with van der Waals surface area (Å²) >= 11 is 1.74. The molecule has 5 aromatic carbocycles. The summed E-state index contributed by atoms with van der Waals surface area (Å²) in [6.45, 7) is 0. The van der Waals surface area contributed by atoms with Gasteiger partial charge >= 0.3 is 0 Å². The minimum absolute atomic E-state index is 1.02. The first-order chi connectivity index (χ1) is 18.4. The Morgan fingerprint density at radius 2 is 1.22 bits per heavy atom. The highest BCUT2D eigenvalue weighted by molar-refractivity contribution is 7.23. The van der Waals surface area contributed by atoms with Crippen LogP contribution in [0.1, 0.15) is 0 Å². The minimum Gasteiger partial charge on any atom is -0.309 e. The van der Waals surface area contributed by atoms with Crippen molar-refractivity contribution in [1.82, 2.24) is 14.0 Å². The zero-order valence-corrected chi connectivity index (χ0v) is 20.7. The summed E-state index contributed by atoms with van der Waals surface area (Å²) in [5.74, 6) is 0. The molecule has 0 fully saturated rings. The van der Waals surface area contributed by atoms with Gasteiger partial charge in [0.2, 0.25) is 0 Å². The minimum atomic E-state index is 1.02. The number of benzene rings is 5. The zero-order valence-electron chi connectivity index (χ0n) is 19.9. The number of rotatable bonds is 3. The highest BCUT2D eigenvalue weighted by atomic mass is 32.1. The van der Waals surface area contributed by atoms with Gasteiger partial charge in [-0.15, -0.1) is 0 Å². The lowest BCUT2D eigenvalue weighted by Crippen LogP contribution is -1.93. The molecule has 0 unspecified atom stereocenters. The fourth-order valence-corrected chi connectivity index (χ4v) is 6.58. The summed E-state index contributed by atoms with van der Waals surface area (Å²) < 4.78 is 5.92. The van der Waals surface area contributed by atoms with Crippen LogP contribution >= 0.6 is 11.3 Å². The third-order valence-electron chi connectivity index (χ3n) is 7.16. The topological polar surface area (TPSA) is 22.2 Å². The highest BCUT2D eigenvalue weighted by Crippen LogP contribution is 2.40. The van der Waals surface area contributed by atoms with E-state index in [2.05, 4.69) is 136 Å². The van der Waals surface area contributed by atoms with E-state index < -0.39 is 0 Å². The van der Waals surface area contributed by atoms with E-state index in [1.165, 1.54) is 43.3 Å². The standard InChI is InChI=1S/C33H21N3S/c1-3-11-22(12-4-1)32-31(34-33-36(32)29-17-9-10-18-30(29)37-33)23-19-20-28-26(21-23)25-15-7-8-16-27(25)35(28)24-13-5-2-6-14-24/h1-21H. The summed E-state index contributed by atoms with van der Waals surface area (Å²) in [6.07, 6.45) is 0. The lowest BCUT2D eigenvalue weighted by Gasteiger charge is -2.09. The summed E-state index contributed by atoms with van der Waals surface area (Å²) in [5, 5.41) is 2.48. The van der Waals surface area contributed by atoms with Crippen LogP contribution in [0.2, 0.25) is 0 Å². The molecule has 0 spiro atoms. The first-order valence-corrected chi connectivity index (χ1v) is 13.2. The van der Waals surface area contributed by atoms with Crippen molar-refractivity contribution in [3.63, 3.8) is 0 Å². The molecule has 0 aliphatic carbocycles. The van der Waals surface area contributed by atoms with Gasteiger partial charge in [-0.3, -0.25) is 4.40 Å². The molecule has 3 nitrogen and oxygen atoms in total. The number of aromatic nitrogens is 3. The maximum atomic E-state index is 5.22. The molecule has 3 heterocycles. The van der Waals surface area contributed by atoms with Gasteiger partial charge in [0.15, 0.2) is 4.96 Å². The molecule has 174 valence electrons. The van der Waals surface area contributed by atoms with Gasteiger partial charge in [0.05, 0.1) is 32.6 Å². The molecule has 0 amide bonds. The molecular weight excluding hydrogens is 470 g/mol. The SMILES string of the molecule is c1ccc(-c2c(-c3ccc4c(c3)c3ccccc3n4-c3ccccc3)nc3sc4ccccc4n23)cc1. The number of imidazole rings is 1. The second-order valence-electron chi connectivity index (χ2n) is 9.28. The summed E-state index contributed by atoms with van der Waals surface area (Å²) in [4.78, 5) is 6.24. The Morgan fingerprint density at radius 3 is 2.05 bits per heavy atom. The predicted molar refractivity (Wildman–Crippen MR) is 156 cm³/mol. The number of fused-ring (bicyclic) bond motifs is 6. The molecule has 8 rings (SSSR count). The van der Waals surface area contributed by atoms with Crippen LogP contribution in [-0.2, 0) is 0 Å². The predicted octanol–water partition coefficient (Wildman–Crippen LogP) is 8.98. The van der Waals surface area contributed by atoms with Crippen molar-refractivity contribution < 1.29 is 0 Å². The van der Waals surface area contributed by atoms with Gasteiger partial charge in [-0.1, -0.05) is 96.3 Å². The van der Waals surface area contributed by atoms with E-state index in [9.17, 15) is 0 Å². The summed E-state index contributed by atoms with van der Waals surface area (Å²) in [7, 11) is 0. The Bertz CT molecular complexity index is 2080. The Morgan fingerprint density at radius 1 is 0.541 bits per heavy atom. The molecule has 0 atom stereocenters. The molecule has 0 radical (unpaired) electrons. The molecule has 0 aliphatic rings. The van der Waals surface area contributed by atoms with Crippen molar-refractivity contribution in [2.24, 2.45) is 0 Å². The number of thiazole rings is 1. The maximum absolute atomic E-state index is 5.22. The average Bonchev–Trinajstić information content (AvgIpc) is 3.61. The van der Waals surface area contributed by atoms with Crippen LogP contribution in [0.25, 0.3) is 65.2 Å². The number of nitrogens with zero attached hydrogens (tertiary/aromatic N) is 3. The van der Waals surface area contributed by atoms with Crippen LogP contribution in [0.15, 0.2) is 127 Å². The van der Waals surface area contributed by atoms with E-state index in [1.54, 1.807) is 11.3 Å². The molecular formula is C33H21N3S. The van der Waals surface area contributed by atoms with Crippen molar-refractivity contribution in [2.45, 2.75) is 0 Å². The van der Waals surface area contributed by atoms with Gasteiger partial charge in [0, 0.05) is 27.6 Å². The third kappa shape index (κ3) is 3.03. The lowest BCUT2D eigenvalue weighted by atomic mass is 10.0. The molecule has 8 aromatic rings. The van der Waals surface area contributed by atoms with E-state index in [0.717, 1.165) is 21.9 Å². The monoisotopic (exact) mass is 491 g/mol. The number of para-hydroxylation sites is 3. The second kappa shape index (κ2) is 7.92. The smallest absolute Gasteiger partial charge is 0.195 e. The average molecular weight is 492 g/mol. The van der Waals surface area contributed by atoms with Crippen LogP contribution in [0, 0.1) is 0 Å². The molecule has 4 heteroatoms. The van der Waals surface area contributed by atoms with Gasteiger partial charge in [-0.05, 0) is 42.5 Å². The van der Waals surface area contributed by atoms with Gasteiger partial charge in [-0.2, -0.15) is 0 Å². The Kier molecular flexibility index (Phi) is 4.39. The van der Waals surface area contributed by atoms with E-state index in [-0.39, 0.29) is 0 Å². The van der Waals surface area contributed by atoms with E-state index in [0.29, 0.717) is 0 Å². The van der Waals surface area contributed by atoms with Gasteiger partial charge < -0.3 is 4.57 Å². The molecule has 0 saturated carbocycles. The van der Waals surface area contributed by atoms with Crippen molar-refractivity contribution in [2.75, 3.05) is 0 Å². The second-order valence-corrected chi connectivity index (χ2v) is 10.3. The van der Waals surface area contributed by atoms with E-state index >= 15 is 0 Å². The summed E-state index contributed by atoms with van der Waals surface area (Å²) in [5.41, 5.74) is 9.22. The van der Waals surface area contributed by atoms with Crippen molar-refractivity contribution in [3.8, 4) is 28.2 Å². The Hall–Kier alpha value is -4.67. The maximum Gasteiger partial charge on any atom is 0.195 e. The van der Waals surface area contributed by atoms with Crippen LogP contribution in [-0.4, -0.2) is 14.0 Å². The van der Waals surface area contributed by atoms with E-state index in [1.807, 2.05) is 0 Å². The highest BCUT2D eigenvalue weighted by Gasteiger charge is 2.21. The lowest BCUT2D eigenvalue weighted by molar-refractivity contribution is 1.18. The third-order valence-corrected chi connectivity index (χ3v) is 8.18. The summed E-state index contributed by atoms with van der Waals surface area (Å²) in [6, 6.07) is 45.2. The van der Waals surface area contributed by atoms with Crippen LogP contribution < -0.4 is 0 Å². The first-order valence-electron chi connectivity index (χ1n) is 12.4. The quantitative estimate of drug-likeness (QED) is 0.242. The first kappa shape index (κ1) is 20.5. The van der Waals surface area contributed by atoms with Gasteiger partial charge in [0.1, 0.15) is 0 Å².